The summed E-state index contributed by atoms with van der Waals surface area (Å²) in [6, 6.07) is 0. The Bertz CT molecular complexity index is 1490. The van der Waals surface area contributed by atoms with E-state index in [1.165, 1.54) is 392 Å². The van der Waals surface area contributed by atoms with Gasteiger partial charge in [0.05, 0.1) is 27.7 Å². The van der Waals surface area contributed by atoms with Gasteiger partial charge in [0, 0.05) is 12.8 Å². The summed E-state index contributed by atoms with van der Waals surface area (Å²) in [6.07, 6.45) is 91.3. The fourth-order valence-corrected chi connectivity index (χ4v) is 13.8. The van der Waals surface area contributed by atoms with Crippen molar-refractivity contribution in [1.29, 1.82) is 0 Å². The van der Waals surface area contributed by atoms with Gasteiger partial charge in [-0.3, -0.25) is 18.6 Å². The van der Waals surface area contributed by atoms with Crippen LogP contribution in [0.4, 0.5) is 0 Å². The number of quaternary nitrogens is 1. The maximum atomic E-state index is 12.9. The van der Waals surface area contributed by atoms with E-state index in [4.69, 9.17) is 18.5 Å². The standard InChI is InChI=1S/C81H162NO8P/c1-6-8-10-12-14-16-18-20-22-24-26-28-30-32-34-36-38-39-40-41-42-44-46-48-50-52-54-56-58-60-62-64-66-68-70-72-74-81(84)90-79(78-89-91(85,86)88-76-75-82(3,4)5)77-87-80(83)73-71-69-67-65-63-61-59-57-55-53-51-49-47-45-43-37-35-33-31-29-27-25-23-21-19-17-15-13-11-9-7-2/h79H,6-78H2,1-5H3/p+1. The molecular weight excluding hydrogens is 1150 g/mol. The van der Waals surface area contributed by atoms with Crippen LogP contribution in [0.5, 0.6) is 0 Å². The molecule has 2 atom stereocenters. The van der Waals surface area contributed by atoms with Crippen LogP contribution in [-0.2, 0) is 32.7 Å². The number of carbonyl (C=O) groups is 2. The number of hydrogen-bond acceptors (Lipinski definition) is 7. The minimum absolute atomic E-state index is 0.0379. The predicted octanol–water partition coefficient (Wildman–Crippen LogP) is 27.2. The van der Waals surface area contributed by atoms with E-state index >= 15 is 0 Å². The van der Waals surface area contributed by atoms with E-state index in [1.807, 2.05) is 21.1 Å². The van der Waals surface area contributed by atoms with E-state index in [9.17, 15) is 19.0 Å². The van der Waals surface area contributed by atoms with Crippen LogP contribution >= 0.6 is 7.82 Å². The minimum Gasteiger partial charge on any atom is -0.462 e. The van der Waals surface area contributed by atoms with Gasteiger partial charge in [0.2, 0.25) is 0 Å². The molecule has 0 saturated heterocycles. The molecule has 1 N–H and O–H groups in total. The fraction of sp³-hybridized carbons (Fsp3) is 0.975. The molecule has 0 radical (unpaired) electrons. The van der Waals surface area contributed by atoms with Crippen molar-refractivity contribution in [2.24, 2.45) is 0 Å². The molecule has 0 saturated carbocycles. The Balaban J connectivity index is 3.87. The highest BCUT2D eigenvalue weighted by molar-refractivity contribution is 7.47. The summed E-state index contributed by atoms with van der Waals surface area (Å²) in [5.41, 5.74) is 0. The van der Waals surface area contributed by atoms with E-state index in [-0.39, 0.29) is 25.6 Å². The number of phosphoric acid groups is 1. The highest BCUT2D eigenvalue weighted by atomic mass is 31.2. The van der Waals surface area contributed by atoms with Gasteiger partial charge in [-0.25, -0.2) is 4.57 Å². The fourth-order valence-electron chi connectivity index (χ4n) is 13.1. The van der Waals surface area contributed by atoms with Crippen molar-refractivity contribution in [2.75, 3.05) is 47.5 Å². The number of phosphoric ester groups is 1. The molecule has 10 heteroatoms. The molecule has 9 nitrogen and oxygen atoms in total. The summed E-state index contributed by atoms with van der Waals surface area (Å²) in [6.45, 7) is 4.55. The Morgan fingerprint density at radius 1 is 0.297 bits per heavy atom. The number of carbonyl (C=O) groups excluding carboxylic acids is 2. The molecule has 0 aliphatic heterocycles. The summed E-state index contributed by atoms with van der Waals surface area (Å²) < 4.78 is 34.9. The SMILES string of the molecule is CCCCCCCCCCCCCCCCCCCCCCCCCCCCCCCCCCCCCCC(=O)OC(COC(=O)CCCCCCCCCCCCCCCCCCCCCCCCCCCCCCCCC)COP(=O)(O)OCC[N+](C)(C)C. The van der Waals surface area contributed by atoms with Crippen LogP contribution < -0.4 is 0 Å². The largest absolute Gasteiger partial charge is 0.472 e. The van der Waals surface area contributed by atoms with E-state index in [0.29, 0.717) is 17.4 Å². The van der Waals surface area contributed by atoms with E-state index < -0.39 is 26.5 Å². The molecule has 0 fully saturated rings. The van der Waals surface area contributed by atoms with Crippen molar-refractivity contribution < 1.29 is 42.1 Å². The molecule has 2 unspecified atom stereocenters. The van der Waals surface area contributed by atoms with Crippen LogP contribution in [0.2, 0.25) is 0 Å². The molecule has 0 aliphatic rings. The lowest BCUT2D eigenvalue weighted by Gasteiger charge is -2.24. The van der Waals surface area contributed by atoms with Gasteiger partial charge in [-0.1, -0.05) is 431 Å². The van der Waals surface area contributed by atoms with Gasteiger partial charge in [0.25, 0.3) is 0 Å². The van der Waals surface area contributed by atoms with Gasteiger partial charge in [-0.15, -0.1) is 0 Å². The Morgan fingerprint density at radius 3 is 0.703 bits per heavy atom. The summed E-state index contributed by atoms with van der Waals surface area (Å²) >= 11 is 0. The number of rotatable bonds is 79. The van der Waals surface area contributed by atoms with E-state index in [2.05, 4.69) is 13.8 Å². The summed E-state index contributed by atoms with van der Waals surface area (Å²) in [5.74, 6) is -0.764. The lowest BCUT2D eigenvalue weighted by molar-refractivity contribution is -0.870. The highest BCUT2D eigenvalue weighted by Gasteiger charge is 2.27. The first-order valence-corrected chi connectivity index (χ1v) is 42.8. The third-order valence-electron chi connectivity index (χ3n) is 19.4. The lowest BCUT2D eigenvalue weighted by Crippen LogP contribution is -2.37. The van der Waals surface area contributed by atoms with Crippen LogP contribution in [0, 0.1) is 0 Å². The summed E-state index contributed by atoms with van der Waals surface area (Å²) in [4.78, 5) is 36.0. The average molecular weight is 1310 g/mol. The smallest absolute Gasteiger partial charge is 0.462 e. The second-order valence-corrected chi connectivity index (χ2v) is 31.3. The number of esters is 2. The molecule has 0 bridgehead atoms. The second kappa shape index (κ2) is 73.3. The third kappa shape index (κ3) is 77.9. The zero-order valence-corrected chi connectivity index (χ0v) is 63.3. The molecule has 0 aromatic carbocycles. The molecular formula is C81H163NO8P+. The van der Waals surface area contributed by atoms with Crippen molar-refractivity contribution in [3.63, 3.8) is 0 Å². The third-order valence-corrected chi connectivity index (χ3v) is 20.4. The quantitative estimate of drug-likeness (QED) is 0.0278. The van der Waals surface area contributed by atoms with Crippen molar-refractivity contribution in [3.8, 4) is 0 Å². The Kier molecular flexibility index (Phi) is 72.5. The van der Waals surface area contributed by atoms with Crippen molar-refractivity contribution in [3.05, 3.63) is 0 Å². The average Bonchev–Trinajstić information content (AvgIpc) is 3.21. The number of likely N-dealkylation sites (N-methyl/N-ethyl adjacent to an activating group) is 1. The van der Waals surface area contributed by atoms with Gasteiger partial charge in [-0.2, -0.15) is 0 Å². The van der Waals surface area contributed by atoms with E-state index in [1.54, 1.807) is 0 Å². The number of hydrogen-bond donors (Lipinski definition) is 1. The molecule has 0 rings (SSSR count). The molecule has 0 aliphatic carbocycles. The van der Waals surface area contributed by atoms with Crippen LogP contribution in [0.3, 0.4) is 0 Å². The topological polar surface area (TPSA) is 108 Å². The van der Waals surface area contributed by atoms with Gasteiger partial charge in [-0.05, 0) is 12.8 Å². The molecule has 0 spiro atoms. The zero-order chi connectivity index (χ0) is 66.2. The highest BCUT2D eigenvalue weighted by Crippen LogP contribution is 2.43. The summed E-state index contributed by atoms with van der Waals surface area (Å²) in [5, 5.41) is 0. The molecule has 0 heterocycles. The van der Waals surface area contributed by atoms with Gasteiger partial charge >= 0.3 is 19.8 Å². The maximum absolute atomic E-state index is 12.9. The predicted molar refractivity (Wildman–Crippen MR) is 395 cm³/mol. The maximum Gasteiger partial charge on any atom is 0.472 e. The van der Waals surface area contributed by atoms with Crippen LogP contribution in [0.1, 0.15) is 457 Å². The van der Waals surface area contributed by atoms with Crippen molar-refractivity contribution in [1.82, 2.24) is 0 Å². The van der Waals surface area contributed by atoms with Crippen LogP contribution in [0.15, 0.2) is 0 Å². The van der Waals surface area contributed by atoms with Gasteiger partial charge in [0.15, 0.2) is 6.10 Å². The van der Waals surface area contributed by atoms with Gasteiger partial charge < -0.3 is 18.9 Å². The van der Waals surface area contributed by atoms with E-state index in [0.717, 1.165) is 38.5 Å². The first-order chi connectivity index (χ1) is 44.5. The van der Waals surface area contributed by atoms with Crippen molar-refractivity contribution >= 4 is 19.8 Å². The minimum atomic E-state index is -4.39. The normalized spacial score (nSPS) is 12.9. The molecule has 0 aromatic rings. The Morgan fingerprint density at radius 2 is 0.495 bits per heavy atom. The summed E-state index contributed by atoms with van der Waals surface area (Å²) in [7, 11) is 1.51. The Hall–Kier alpha value is -0.990. The molecule has 544 valence electrons. The number of unbranched alkanes of at least 4 members (excludes halogenated alkanes) is 65. The first-order valence-electron chi connectivity index (χ1n) is 41.3. The molecule has 0 aromatic heterocycles. The monoisotopic (exact) mass is 1310 g/mol. The number of ether oxygens (including phenoxy) is 2. The van der Waals surface area contributed by atoms with Gasteiger partial charge in [0.1, 0.15) is 19.8 Å². The molecule has 91 heavy (non-hydrogen) atoms. The second-order valence-electron chi connectivity index (χ2n) is 29.9. The van der Waals surface area contributed by atoms with Crippen LogP contribution in [0.25, 0.3) is 0 Å². The first kappa shape index (κ1) is 90.0. The lowest BCUT2D eigenvalue weighted by atomic mass is 10.0. The molecule has 0 amide bonds. The van der Waals surface area contributed by atoms with Crippen molar-refractivity contribution in [2.45, 2.75) is 463 Å². The van der Waals surface area contributed by atoms with Crippen LogP contribution in [-0.4, -0.2) is 74.9 Å². The Labute approximate surface area is 569 Å². The number of nitrogens with zero attached hydrogens (tertiary/aromatic N) is 1. The zero-order valence-electron chi connectivity index (χ0n) is 62.4.